The molecule has 1 aliphatic rings. The maximum atomic E-state index is 12.3. The van der Waals surface area contributed by atoms with Crippen LogP contribution >= 0.6 is 0 Å². The van der Waals surface area contributed by atoms with Crippen molar-refractivity contribution in [3.63, 3.8) is 0 Å². The van der Waals surface area contributed by atoms with E-state index in [4.69, 9.17) is 18.3 Å². The van der Waals surface area contributed by atoms with Gasteiger partial charge < -0.3 is 28.1 Å². The van der Waals surface area contributed by atoms with Crippen molar-refractivity contribution in [2.24, 2.45) is 0 Å². The second-order valence-electron chi connectivity index (χ2n) is 7.57. The molecule has 0 aliphatic carbocycles. The van der Waals surface area contributed by atoms with Gasteiger partial charge in [0.1, 0.15) is 34.2 Å². The number of furan rings is 2. The maximum Gasteiger partial charge on any atom is 0.342 e. The number of hydrogen-bond donors (Lipinski definition) is 0. The van der Waals surface area contributed by atoms with Crippen LogP contribution in [-0.2, 0) is 19.1 Å². The molecule has 3 rings (SSSR count). The molecule has 0 atom stereocenters. The predicted molar refractivity (Wildman–Crippen MR) is 110 cm³/mol. The van der Waals surface area contributed by atoms with Gasteiger partial charge in [0.2, 0.25) is 0 Å². The normalized spacial score (nSPS) is 13.8. The lowest BCUT2D eigenvalue weighted by Gasteiger charge is -2.34. The van der Waals surface area contributed by atoms with Crippen molar-refractivity contribution in [3.05, 3.63) is 46.3 Å². The molecule has 32 heavy (non-hydrogen) atoms. The van der Waals surface area contributed by atoms with E-state index in [-0.39, 0.29) is 11.8 Å². The molecule has 1 saturated heterocycles. The number of aryl methyl sites for hydroxylation is 4. The third-order valence-corrected chi connectivity index (χ3v) is 5.16. The van der Waals surface area contributed by atoms with E-state index in [1.54, 1.807) is 39.8 Å². The van der Waals surface area contributed by atoms with E-state index >= 15 is 0 Å². The molecule has 0 radical (unpaired) electrons. The Morgan fingerprint density at radius 2 is 1.06 bits per heavy atom. The van der Waals surface area contributed by atoms with Crippen molar-refractivity contribution < 1.29 is 37.5 Å². The molecule has 3 heterocycles. The summed E-state index contributed by atoms with van der Waals surface area (Å²) in [5.41, 5.74) is 0.585. The summed E-state index contributed by atoms with van der Waals surface area (Å²) in [7, 11) is 0. The minimum atomic E-state index is -0.619. The van der Waals surface area contributed by atoms with Crippen LogP contribution in [0.1, 0.15) is 43.8 Å². The Hall–Kier alpha value is -3.56. The summed E-state index contributed by atoms with van der Waals surface area (Å²) in [5.74, 6) is 0.111. The molecule has 1 fully saturated rings. The van der Waals surface area contributed by atoms with Gasteiger partial charge in [-0.05, 0) is 39.8 Å². The Bertz CT molecular complexity index is 945. The molecule has 2 aromatic rings. The highest BCUT2D eigenvalue weighted by Gasteiger charge is 2.26. The summed E-state index contributed by atoms with van der Waals surface area (Å²) < 4.78 is 20.8. The summed E-state index contributed by atoms with van der Waals surface area (Å²) in [5, 5.41) is 0. The van der Waals surface area contributed by atoms with Crippen molar-refractivity contribution >= 4 is 23.8 Å². The molecule has 2 amide bonds. The Labute approximate surface area is 185 Å². The smallest absolute Gasteiger partial charge is 0.342 e. The minimum absolute atomic E-state index is 0.292. The molecule has 0 spiro atoms. The van der Waals surface area contributed by atoms with Gasteiger partial charge in [0.05, 0.1) is 0 Å². The number of rotatable bonds is 6. The fourth-order valence-electron chi connectivity index (χ4n) is 3.46. The van der Waals surface area contributed by atoms with Crippen LogP contribution < -0.4 is 0 Å². The van der Waals surface area contributed by atoms with Crippen LogP contribution in [0.3, 0.4) is 0 Å². The minimum Gasteiger partial charge on any atom is -0.466 e. The zero-order chi connectivity index (χ0) is 23.4. The van der Waals surface area contributed by atoms with Gasteiger partial charge >= 0.3 is 11.9 Å². The molecule has 0 unspecified atom stereocenters. The lowest BCUT2D eigenvalue weighted by Crippen LogP contribution is -2.52. The van der Waals surface area contributed by atoms with Crippen molar-refractivity contribution in [1.82, 2.24) is 9.80 Å². The zero-order valence-corrected chi connectivity index (χ0v) is 18.6. The van der Waals surface area contributed by atoms with Gasteiger partial charge in [-0.25, -0.2) is 9.59 Å². The highest BCUT2D eigenvalue weighted by atomic mass is 16.5. The maximum absolute atomic E-state index is 12.3. The van der Waals surface area contributed by atoms with Gasteiger partial charge in [-0.15, -0.1) is 0 Å². The Morgan fingerprint density at radius 1 is 0.719 bits per heavy atom. The van der Waals surface area contributed by atoms with E-state index in [2.05, 4.69) is 0 Å². The predicted octanol–water partition coefficient (Wildman–Crippen LogP) is 1.79. The second-order valence-corrected chi connectivity index (χ2v) is 7.57. The van der Waals surface area contributed by atoms with Gasteiger partial charge in [0.15, 0.2) is 13.2 Å². The third-order valence-electron chi connectivity index (χ3n) is 5.16. The Morgan fingerprint density at radius 3 is 1.34 bits per heavy atom. The van der Waals surface area contributed by atoms with Crippen molar-refractivity contribution in [2.45, 2.75) is 27.7 Å². The third kappa shape index (κ3) is 5.37. The monoisotopic (exact) mass is 446 g/mol. The largest absolute Gasteiger partial charge is 0.466 e. The molecule has 0 bridgehead atoms. The zero-order valence-electron chi connectivity index (χ0n) is 18.6. The lowest BCUT2D eigenvalue weighted by molar-refractivity contribution is -0.142. The SMILES string of the molecule is Cc1cc(C(=O)OCC(=O)N2CCN(C(=O)COC(=O)c3cc(C)oc3C)CC2)c(C)o1. The summed E-state index contributed by atoms with van der Waals surface area (Å²) >= 11 is 0. The summed E-state index contributed by atoms with van der Waals surface area (Å²) in [6.07, 6.45) is 0. The topological polar surface area (TPSA) is 120 Å². The van der Waals surface area contributed by atoms with Crippen LogP contribution in [0.15, 0.2) is 21.0 Å². The molecule has 10 heteroatoms. The number of carbonyl (C=O) groups excluding carboxylic acids is 4. The summed E-state index contributed by atoms with van der Waals surface area (Å²) in [6.45, 7) is 7.12. The van der Waals surface area contributed by atoms with Crippen LogP contribution in [0, 0.1) is 27.7 Å². The van der Waals surface area contributed by atoms with Crippen molar-refractivity contribution in [1.29, 1.82) is 0 Å². The van der Waals surface area contributed by atoms with Crippen molar-refractivity contribution in [2.75, 3.05) is 39.4 Å². The average molecular weight is 446 g/mol. The number of nitrogens with zero attached hydrogens (tertiary/aromatic N) is 2. The molecule has 1 aliphatic heterocycles. The Balaban J connectivity index is 1.41. The molecule has 0 aromatic carbocycles. The first kappa shape index (κ1) is 23.1. The molecule has 0 N–H and O–H groups in total. The van der Waals surface area contributed by atoms with Gasteiger partial charge in [-0.2, -0.15) is 0 Å². The molecule has 172 valence electrons. The summed E-state index contributed by atoms with van der Waals surface area (Å²) in [4.78, 5) is 52.0. The first-order valence-electron chi connectivity index (χ1n) is 10.2. The van der Waals surface area contributed by atoms with E-state index in [1.807, 2.05) is 0 Å². The molecular formula is C22H26N2O8. The van der Waals surface area contributed by atoms with E-state index < -0.39 is 25.2 Å². The highest BCUT2D eigenvalue weighted by Crippen LogP contribution is 2.16. The van der Waals surface area contributed by atoms with E-state index in [1.165, 1.54) is 9.80 Å². The standard InChI is InChI=1S/C22H26N2O8/c1-13-9-17(15(3)31-13)21(27)29-11-19(25)23-5-7-24(8-6-23)20(26)12-30-22(28)18-10-14(2)32-16(18)4/h9-10H,5-8,11-12H2,1-4H3. The number of carbonyl (C=O) groups is 4. The van der Waals surface area contributed by atoms with E-state index in [9.17, 15) is 19.2 Å². The first-order valence-corrected chi connectivity index (χ1v) is 10.2. The van der Waals surface area contributed by atoms with E-state index in [0.29, 0.717) is 60.3 Å². The number of esters is 2. The fraction of sp³-hybridized carbons (Fsp3) is 0.455. The average Bonchev–Trinajstić information content (AvgIpc) is 3.29. The highest BCUT2D eigenvalue weighted by molar-refractivity contribution is 5.93. The fourth-order valence-corrected chi connectivity index (χ4v) is 3.46. The quantitative estimate of drug-likeness (QED) is 0.616. The Kier molecular flexibility index (Phi) is 7.01. The second kappa shape index (κ2) is 9.71. The van der Waals surface area contributed by atoms with Gasteiger partial charge in [0, 0.05) is 26.2 Å². The molecule has 10 nitrogen and oxygen atoms in total. The molecule has 0 saturated carbocycles. The van der Waals surface area contributed by atoms with Crippen molar-refractivity contribution in [3.8, 4) is 0 Å². The number of amides is 2. The van der Waals surface area contributed by atoms with Gasteiger partial charge in [-0.3, -0.25) is 9.59 Å². The number of ether oxygens (including phenoxy) is 2. The number of piperazine rings is 1. The van der Waals surface area contributed by atoms with Crippen LogP contribution in [0.2, 0.25) is 0 Å². The van der Waals surface area contributed by atoms with Gasteiger partial charge in [-0.1, -0.05) is 0 Å². The van der Waals surface area contributed by atoms with Gasteiger partial charge in [0.25, 0.3) is 11.8 Å². The van der Waals surface area contributed by atoms with Crippen LogP contribution in [0.5, 0.6) is 0 Å². The molecule has 2 aromatic heterocycles. The molecular weight excluding hydrogens is 420 g/mol. The van der Waals surface area contributed by atoms with E-state index in [0.717, 1.165) is 0 Å². The van der Waals surface area contributed by atoms with Crippen LogP contribution in [0.4, 0.5) is 0 Å². The lowest BCUT2D eigenvalue weighted by atomic mass is 10.2. The number of hydrogen-bond acceptors (Lipinski definition) is 8. The van der Waals surface area contributed by atoms with Crippen LogP contribution in [0.25, 0.3) is 0 Å². The summed E-state index contributed by atoms with van der Waals surface area (Å²) in [6, 6.07) is 3.13. The van der Waals surface area contributed by atoms with Crippen LogP contribution in [-0.4, -0.2) is 72.9 Å². The first-order chi connectivity index (χ1) is 15.2.